The first kappa shape index (κ1) is 23.4. The fourth-order valence-corrected chi connectivity index (χ4v) is 5.38. The summed E-state index contributed by atoms with van der Waals surface area (Å²) in [6.07, 6.45) is 10.6. The van der Waals surface area contributed by atoms with E-state index in [9.17, 15) is 13.6 Å². The van der Waals surface area contributed by atoms with Crippen molar-refractivity contribution < 1.29 is 22.8 Å². The molecule has 1 aromatic heterocycles. The number of halogens is 2. The molecule has 0 spiro atoms. The molecule has 1 saturated carbocycles. The molecule has 0 aromatic carbocycles. The SMILES string of the molecule is CC(C)(C)OC(=O)C1=C2CC=C(F)C=C2N=CC2=NN=C[N+]21C1CCC(c2ncccc2F)CC1. The van der Waals surface area contributed by atoms with E-state index in [1.807, 2.05) is 20.8 Å². The highest BCUT2D eigenvalue weighted by Gasteiger charge is 2.55. The molecule has 5 rings (SSSR count). The topological polar surface area (TPSA) is 76.3 Å². The highest BCUT2D eigenvalue weighted by Crippen LogP contribution is 2.44. The van der Waals surface area contributed by atoms with Crippen molar-refractivity contribution >= 4 is 24.4 Å². The highest BCUT2D eigenvalue weighted by molar-refractivity contribution is 6.29. The summed E-state index contributed by atoms with van der Waals surface area (Å²) in [5, 5.41) is 8.53. The van der Waals surface area contributed by atoms with Gasteiger partial charge in [-0.25, -0.2) is 18.6 Å². The van der Waals surface area contributed by atoms with Crippen LogP contribution in [0.3, 0.4) is 0 Å². The fraction of sp³-hybridized carbons (Fsp3) is 0.423. The summed E-state index contributed by atoms with van der Waals surface area (Å²) in [5.41, 5.74) is 1.10. The van der Waals surface area contributed by atoms with Crippen molar-refractivity contribution in [3.8, 4) is 0 Å². The zero-order chi connectivity index (χ0) is 24.8. The summed E-state index contributed by atoms with van der Waals surface area (Å²) < 4.78 is 34.4. The lowest BCUT2D eigenvalue weighted by Crippen LogP contribution is -2.59. The zero-order valence-corrected chi connectivity index (χ0v) is 20.0. The Labute approximate surface area is 202 Å². The standard InChI is InChI=1S/C26H28F2N5O2/c1-26(2,3)35-25(34)24-19-11-8-17(27)13-21(19)30-14-22-32-31-15-33(22,24)18-9-6-16(7-10-18)23-20(28)5-4-12-29-23/h4-5,8,12-16,18H,6-7,9-11H2,1-3H3/q+1. The fourth-order valence-electron chi connectivity index (χ4n) is 5.38. The molecule has 182 valence electrons. The van der Waals surface area contributed by atoms with E-state index in [4.69, 9.17) is 4.74 Å². The van der Waals surface area contributed by atoms with Gasteiger partial charge in [0.1, 0.15) is 29.5 Å². The predicted octanol–water partition coefficient (Wildman–Crippen LogP) is 5.24. The number of aliphatic imine (C=N–C) groups is 1. The Kier molecular flexibility index (Phi) is 5.83. The van der Waals surface area contributed by atoms with Gasteiger partial charge in [-0.15, -0.1) is 0 Å². The summed E-state index contributed by atoms with van der Waals surface area (Å²) in [5.74, 6) is -0.713. The number of carbonyl (C=O) groups excluding carboxylic acids is 1. The number of aromatic nitrogens is 1. The lowest BCUT2D eigenvalue weighted by molar-refractivity contribution is -0.723. The minimum Gasteiger partial charge on any atom is -0.452 e. The molecule has 2 aliphatic carbocycles. The van der Waals surface area contributed by atoms with Crippen molar-refractivity contribution in [1.82, 2.24) is 4.98 Å². The van der Waals surface area contributed by atoms with Gasteiger partial charge in [-0.3, -0.25) is 4.98 Å². The van der Waals surface area contributed by atoms with Gasteiger partial charge in [-0.2, -0.15) is 4.48 Å². The van der Waals surface area contributed by atoms with Gasteiger partial charge < -0.3 is 4.74 Å². The van der Waals surface area contributed by atoms with Crippen molar-refractivity contribution in [1.29, 1.82) is 0 Å². The van der Waals surface area contributed by atoms with Crippen LogP contribution in [0.25, 0.3) is 0 Å². The number of carbonyl (C=O) groups is 1. The average Bonchev–Trinajstić information content (AvgIpc) is 3.17. The van der Waals surface area contributed by atoms with Gasteiger partial charge in [0.2, 0.25) is 12.0 Å². The number of fused-ring (bicyclic) bond motifs is 2. The van der Waals surface area contributed by atoms with E-state index in [0.29, 0.717) is 54.2 Å². The van der Waals surface area contributed by atoms with Gasteiger partial charge >= 0.3 is 5.97 Å². The van der Waals surface area contributed by atoms with Crippen LogP contribution in [0, 0.1) is 5.82 Å². The molecule has 3 heterocycles. The monoisotopic (exact) mass is 480 g/mol. The number of allylic oxidation sites excluding steroid dienone is 4. The van der Waals surface area contributed by atoms with E-state index in [1.54, 1.807) is 24.8 Å². The number of esters is 1. The molecule has 35 heavy (non-hydrogen) atoms. The Hall–Kier alpha value is -3.33. The van der Waals surface area contributed by atoms with Gasteiger partial charge in [0.05, 0.1) is 17.0 Å². The maximum Gasteiger partial charge on any atom is 0.394 e. The van der Waals surface area contributed by atoms with E-state index in [1.165, 1.54) is 18.2 Å². The van der Waals surface area contributed by atoms with Crippen molar-refractivity contribution in [2.24, 2.45) is 15.2 Å². The Bertz CT molecular complexity index is 1250. The number of hydrogen-bond donors (Lipinski definition) is 0. The quantitative estimate of drug-likeness (QED) is 0.439. The smallest absolute Gasteiger partial charge is 0.394 e. The number of amidine groups is 1. The third-order valence-electron chi connectivity index (χ3n) is 6.87. The number of nitrogens with zero attached hydrogens (tertiary/aromatic N) is 5. The Morgan fingerprint density at radius 2 is 1.94 bits per heavy atom. The molecule has 1 fully saturated rings. The maximum atomic E-state index is 14.4. The lowest BCUT2D eigenvalue weighted by atomic mass is 9.81. The normalized spacial score (nSPS) is 28.0. The molecule has 0 radical (unpaired) electrons. The molecule has 1 aromatic rings. The van der Waals surface area contributed by atoms with Crippen molar-refractivity contribution in [2.75, 3.05) is 0 Å². The Balaban J connectivity index is 1.57. The van der Waals surface area contributed by atoms with Crippen LogP contribution in [0.15, 0.2) is 68.5 Å². The van der Waals surface area contributed by atoms with Crippen LogP contribution >= 0.6 is 0 Å². The molecule has 7 nitrogen and oxygen atoms in total. The van der Waals surface area contributed by atoms with Gasteiger partial charge in [0.25, 0.3) is 5.84 Å². The molecule has 2 aliphatic heterocycles. The van der Waals surface area contributed by atoms with Gasteiger partial charge in [0, 0.05) is 31.4 Å². The minimum atomic E-state index is -0.732. The van der Waals surface area contributed by atoms with Crippen LogP contribution < -0.4 is 0 Å². The zero-order valence-electron chi connectivity index (χ0n) is 20.0. The molecule has 0 N–H and O–H groups in total. The summed E-state index contributed by atoms with van der Waals surface area (Å²) in [7, 11) is 0. The van der Waals surface area contributed by atoms with Crippen LogP contribution in [-0.4, -0.2) is 45.5 Å². The molecular formula is C26H28F2N5O2+. The van der Waals surface area contributed by atoms with Crippen LogP contribution in [0.5, 0.6) is 0 Å². The van der Waals surface area contributed by atoms with Crippen LogP contribution in [0.1, 0.15) is 64.5 Å². The first-order valence-electron chi connectivity index (χ1n) is 11.9. The predicted molar refractivity (Wildman–Crippen MR) is 129 cm³/mol. The van der Waals surface area contributed by atoms with E-state index >= 15 is 0 Å². The Morgan fingerprint density at radius 3 is 2.66 bits per heavy atom. The van der Waals surface area contributed by atoms with E-state index in [-0.39, 0.29) is 28.7 Å². The molecule has 0 bridgehead atoms. The first-order chi connectivity index (χ1) is 16.7. The second-order valence-electron chi connectivity index (χ2n) is 10.3. The third kappa shape index (κ3) is 4.18. The second kappa shape index (κ2) is 8.71. The molecular weight excluding hydrogens is 452 g/mol. The summed E-state index contributed by atoms with van der Waals surface area (Å²) in [6.45, 7) is 5.43. The maximum absolute atomic E-state index is 14.4. The second-order valence-corrected chi connectivity index (χ2v) is 10.3. The summed E-state index contributed by atoms with van der Waals surface area (Å²) >= 11 is 0. The molecule has 4 aliphatic rings. The summed E-state index contributed by atoms with van der Waals surface area (Å²) in [6, 6.07) is 2.93. The number of pyridine rings is 1. The Morgan fingerprint density at radius 1 is 1.17 bits per heavy atom. The number of hydrogen-bond acceptors (Lipinski definition) is 6. The average molecular weight is 481 g/mol. The van der Waals surface area contributed by atoms with Gasteiger partial charge in [-0.1, -0.05) is 10.2 Å². The number of ether oxygens (including phenoxy) is 1. The lowest BCUT2D eigenvalue weighted by Gasteiger charge is -2.41. The van der Waals surface area contributed by atoms with E-state index in [2.05, 4.69) is 20.2 Å². The van der Waals surface area contributed by atoms with E-state index < -0.39 is 17.4 Å². The third-order valence-corrected chi connectivity index (χ3v) is 6.87. The van der Waals surface area contributed by atoms with E-state index in [0.717, 1.165) is 0 Å². The van der Waals surface area contributed by atoms with Crippen molar-refractivity contribution in [3.63, 3.8) is 0 Å². The van der Waals surface area contributed by atoms with Crippen molar-refractivity contribution in [3.05, 3.63) is 64.8 Å². The van der Waals surface area contributed by atoms with Gasteiger partial charge in [-0.05, 0) is 57.9 Å². The highest BCUT2D eigenvalue weighted by atomic mass is 19.1. The van der Waals surface area contributed by atoms with Crippen molar-refractivity contribution in [2.45, 2.75) is 70.4 Å². The minimum absolute atomic E-state index is 0.00831. The molecule has 1 unspecified atom stereocenters. The number of rotatable bonds is 3. The van der Waals surface area contributed by atoms with Crippen LogP contribution in [0.4, 0.5) is 8.78 Å². The van der Waals surface area contributed by atoms with Crippen LogP contribution in [-0.2, 0) is 9.53 Å². The molecule has 0 amide bonds. The van der Waals surface area contributed by atoms with Gasteiger partial charge in [0.15, 0.2) is 0 Å². The molecule has 0 saturated heterocycles. The van der Waals surface area contributed by atoms with Crippen LogP contribution in [0.2, 0.25) is 0 Å². The molecule has 1 atom stereocenters. The molecule has 9 heteroatoms. The largest absolute Gasteiger partial charge is 0.452 e. The summed E-state index contributed by atoms with van der Waals surface area (Å²) in [4.78, 5) is 22.5. The first-order valence-corrected chi connectivity index (χ1v) is 11.9. The number of quaternary nitrogens is 1.